The summed E-state index contributed by atoms with van der Waals surface area (Å²) in [5, 5.41) is 18.3. The Morgan fingerprint density at radius 3 is 2.39 bits per heavy atom. The summed E-state index contributed by atoms with van der Waals surface area (Å²) in [5.41, 5.74) is 0.931. The largest absolute Gasteiger partial charge is 0.478 e. The molecule has 4 rings (SSSR count). The van der Waals surface area contributed by atoms with Gasteiger partial charge in [-0.1, -0.05) is 30.3 Å². The minimum Gasteiger partial charge on any atom is -0.478 e. The molecule has 0 spiro atoms. The number of benzene rings is 2. The van der Waals surface area contributed by atoms with Crippen molar-refractivity contribution in [3.05, 3.63) is 94.0 Å². The second kappa shape index (κ2) is 10.8. The van der Waals surface area contributed by atoms with Gasteiger partial charge in [-0.3, -0.25) is 15.3 Å². The Balaban J connectivity index is 1.55. The predicted molar refractivity (Wildman–Crippen MR) is 122 cm³/mol. The molecule has 3 N–H and O–H groups in total. The van der Waals surface area contributed by atoms with Crippen LogP contribution >= 0.6 is 0 Å². The first kappa shape index (κ1) is 24.6. The fourth-order valence-corrected chi connectivity index (χ4v) is 3.70. The first-order chi connectivity index (χ1) is 17.4. The van der Waals surface area contributed by atoms with Gasteiger partial charge in [-0.2, -0.15) is 4.98 Å². The van der Waals surface area contributed by atoms with Gasteiger partial charge in [0.1, 0.15) is 25.0 Å². The fourth-order valence-electron chi connectivity index (χ4n) is 3.70. The third-order valence-electron chi connectivity index (χ3n) is 5.46. The summed E-state index contributed by atoms with van der Waals surface area (Å²) in [6.45, 7) is -0.304. The van der Waals surface area contributed by atoms with E-state index in [2.05, 4.69) is 4.98 Å². The van der Waals surface area contributed by atoms with Crippen LogP contribution in [0.4, 0.5) is 5.82 Å². The van der Waals surface area contributed by atoms with E-state index in [-0.39, 0.29) is 30.0 Å². The van der Waals surface area contributed by atoms with Gasteiger partial charge in [0, 0.05) is 12.6 Å². The SMILES string of the molecule is O=C(OC[C@H]1O[C@@H](n2ccc(NO)nc2=O)C[C@@H]1OC(=O)c1ccccc1C(=O)O)c1ccccc1. The van der Waals surface area contributed by atoms with E-state index >= 15 is 0 Å². The maximum absolute atomic E-state index is 12.9. The summed E-state index contributed by atoms with van der Waals surface area (Å²) in [6, 6.07) is 15.1. The third kappa shape index (κ3) is 5.40. The topological polar surface area (TPSA) is 166 Å². The van der Waals surface area contributed by atoms with Crippen molar-refractivity contribution in [2.75, 3.05) is 12.1 Å². The van der Waals surface area contributed by atoms with Crippen LogP contribution < -0.4 is 11.2 Å². The minimum absolute atomic E-state index is 0.0119. The molecule has 0 bridgehead atoms. The summed E-state index contributed by atoms with van der Waals surface area (Å²) in [4.78, 5) is 52.8. The van der Waals surface area contributed by atoms with Crippen molar-refractivity contribution in [1.29, 1.82) is 0 Å². The lowest BCUT2D eigenvalue weighted by molar-refractivity contribution is -0.0582. The third-order valence-corrected chi connectivity index (χ3v) is 5.46. The number of hydrogen-bond donors (Lipinski definition) is 3. The molecule has 186 valence electrons. The van der Waals surface area contributed by atoms with Crippen LogP contribution in [0.1, 0.15) is 43.7 Å². The lowest BCUT2D eigenvalue weighted by Gasteiger charge is -2.19. The van der Waals surface area contributed by atoms with Gasteiger partial charge in [0.05, 0.1) is 16.7 Å². The van der Waals surface area contributed by atoms with Crippen LogP contribution in [-0.2, 0) is 14.2 Å². The second-order valence-electron chi connectivity index (χ2n) is 7.74. The van der Waals surface area contributed by atoms with Gasteiger partial charge in [-0.05, 0) is 30.3 Å². The number of carboxylic acid groups (broad SMARTS) is 1. The van der Waals surface area contributed by atoms with Crippen LogP contribution in [0, 0.1) is 0 Å². The molecule has 1 fully saturated rings. The Morgan fingerprint density at radius 1 is 1.03 bits per heavy atom. The number of aromatic nitrogens is 2. The maximum Gasteiger partial charge on any atom is 0.351 e. The summed E-state index contributed by atoms with van der Waals surface area (Å²) < 4.78 is 17.9. The monoisotopic (exact) mass is 495 g/mol. The lowest BCUT2D eigenvalue weighted by Crippen LogP contribution is -2.32. The number of ether oxygens (including phenoxy) is 3. The van der Waals surface area contributed by atoms with Crippen molar-refractivity contribution in [3.63, 3.8) is 0 Å². The average Bonchev–Trinajstić information content (AvgIpc) is 3.29. The average molecular weight is 495 g/mol. The highest BCUT2D eigenvalue weighted by Crippen LogP contribution is 2.31. The number of hydrogen-bond acceptors (Lipinski definition) is 10. The van der Waals surface area contributed by atoms with E-state index in [1.54, 1.807) is 35.8 Å². The molecule has 3 aromatic rings. The lowest BCUT2D eigenvalue weighted by atomic mass is 10.1. The number of carbonyl (C=O) groups excluding carboxylic acids is 2. The Labute approximate surface area is 203 Å². The molecule has 0 unspecified atom stereocenters. The number of rotatable bonds is 8. The summed E-state index contributed by atoms with van der Waals surface area (Å²) >= 11 is 0. The molecule has 12 heteroatoms. The van der Waals surface area contributed by atoms with Crippen LogP contribution in [0.25, 0.3) is 0 Å². The maximum atomic E-state index is 12.9. The molecule has 0 aliphatic carbocycles. The standard InChI is InChI=1S/C24H21N3O9/c28-21(29)15-8-4-5-9-16(15)23(31)36-17-12-20(27-11-10-19(26-33)25-24(27)32)35-18(17)13-34-22(30)14-6-2-1-3-7-14/h1-11,17-18,20,33H,12-13H2,(H,28,29)(H,25,26,32)/t17-,18+,20+/m0/s1. The number of nitrogens with one attached hydrogen (secondary N) is 1. The zero-order chi connectivity index (χ0) is 25.7. The number of carbonyl (C=O) groups is 3. The number of anilines is 1. The molecule has 0 saturated carbocycles. The molecule has 1 aromatic heterocycles. The van der Waals surface area contributed by atoms with Crippen molar-refractivity contribution in [1.82, 2.24) is 9.55 Å². The first-order valence-electron chi connectivity index (χ1n) is 10.8. The number of carboxylic acids is 1. The van der Waals surface area contributed by atoms with E-state index in [1.165, 1.54) is 36.5 Å². The zero-order valence-electron chi connectivity index (χ0n) is 18.6. The molecule has 0 radical (unpaired) electrons. The van der Waals surface area contributed by atoms with E-state index in [4.69, 9.17) is 19.4 Å². The molecule has 1 aliphatic heterocycles. The number of nitrogens with zero attached hydrogens (tertiary/aromatic N) is 2. The van der Waals surface area contributed by atoms with E-state index in [0.717, 1.165) is 4.57 Å². The highest BCUT2D eigenvalue weighted by Gasteiger charge is 2.40. The first-order valence-corrected chi connectivity index (χ1v) is 10.8. The molecule has 0 amide bonds. The summed E-state index contributed by atoms with van der Waals surface area (Å²) in [5.74, 6) is -2.91. The molecular weight excluding hydrogens is 474 g/mol. The van der Waals surface area contributed by atoms with Gasteiger partial charge < -0.3 is 19.3 Å². The van der Waals surface area contributed by atoms with Gasteiger partial charge in [0.2, 0.25) is 0 Å². The van der Waals surface area contributed by atoms with E-state index in [1.807, 2.05) is 0 Å². The van der Waals surface area contributed by atoms with E-state index in [9.17, 15) is 24.3 Å². The van der Waals surface area contributed by atoms with Crippen molar-refractivity contribution >= 4 is 23.7 Å². The predicted octanol–water partition coefficient (Wildman–Crippen LogP) is 2.11. The molecule has 2 aromatic carbocycles. The molecule has 1 saturated heterocycles. The second-order valence-corrected chi connectivity index (χ2v) is 7.74. The van der Waals surface area contributed by atoms with Gasteiger partial charge in [0.25, 0.3) is 0 Å². The Kier molecular flexibility index (Phi) is 7.37. The summed E-state index contributed by atoms with van der Waals surface area (Å²) in [7, 11) is 0. The van der Waals surface area contributed by atoms with Gasteiger partial charge >= 0.3 is 23.6 Å². The van der Waals surface area contributed by atoms with E-state index in [0.29, 0.717) is 5.56 Å². The van der Waals surface area contributed by atoms with Crippen LogP contribution in [0.15, 0.2) is 71.7 Å². The van der Waals surface area contributed by atoms with Crippen LogP contribution in [0.3, 0.4) is 0 Å². The molecule has 3 atom stereocenters. The van der Waals surface area contributed by atoms with Crippen molar-refractivity contribution in [3.8, 4) is 0 Å². The summed E-state index contributed by atoms with van der Waals surface area (Å²) in [6.07, 6.45) is -1.58. The highest BCUT2D eigenvalue weighted by molar-refractivity contribution is 6.02. The van der Waals surface area contributed by atoms with Crippen molar-refractivity contribution < 1.29 is 38.9 Å². The zero-order valence-corrected chi connectivity index (χ0v) is 18.6. The van der Waals surface area contributed by atoms with Gasteiger partial charge in [-0.25, -0.2) is 19.2 Å². The van der Waals surface area contributed by atoms with Crippen LogP contribution in [-0.4, -0.2) is 56.6 Å². The normalized spacial score (nSPS) is 18.9. The molecule has 2 heterocycles. The van der Waals surface area contributed by atoms with Gasteiger partial charge in [-0.15, -0.1) is 0 Å². The van der Waals surface area contributed by atoms with Gasteiger partial charge in [0.15, 0.2) is 5.82 Å². The molecule has 36 heavy (non-hydrogen) atoms. The smallest absolute Gasteiger partial charge is 0.351 e. The quantitative estimate of drug-likeness (QED) is 0.309. The number of aromatic carboxylic acids is 1. The molecular formula is C24H21N3O9. The Hall–Kier alpha value is -4.55. The minimum atomic E-state index is -1.30. The fraction of sp³-hybridized carbons (Fsp3) is 0.208. The number of esters is 2. The van der Waals surface area contributed by atoms with Crippen LogP contribution in [0.5, 0.6) is 0 Å². The van der Waals surface area contributed by atoms with Crippen molar-refractivity contribution in [2.24, 2.45) is 0 Å². The van der Waals surface area contributed by atoms with E-state index < -0.39 is 42.0 Å². The molecule has 1 aliphatic rings. The Bertz CT molecular complexity index is 1330. The Morgan fingerprint density at radius 2 is 1.72 bits per heavy atom. The van der Waals surface area contributed by atoms with Crippen molar-refractivity contribution in [2.45, 2.75) is 24.9 Å². The molecule has 12 nitrogen and oxygen atoms in total. The van der Waals surface area contributed by atoms with Crippen LogP contribution in [0.2, 0.25) is 0 Å². The highest BCUT2D eigenvalue weighted by atomic mass is 16.6.